The molecule has 0 saturated heterocycles. The van der Waals surface area contributed by atoms with E-state index in [1.54, 1.807) is 6.21 Å². The topological polar surface area (TPSA) is 39.1 Å². The lowest BCUT2D eigenvalue weighted by Gasteiger charge is -2.43. The smallest absolute Gasteiger partial charge is 0.0619 e. The highest BCUT2D eigenvalue weighted by Gasteiger charge is 2.52. The molecule has 5 aliphatic rings. The Morgan fingerprint density at radius 1 is 1.00 bits per heavy atom. The van der Waals surface area contributed by atoms with Gasteiger partial charge in [-0.15, -0.1) is 0 Å². The average Bonchev–Trinajstić information content (AvgIpc) is 3.65. The molecule has 3 aromatic carbocycles. The van der Waals surface area contributed by atoms with Gasteiger partial charge in [-0.2, -0.15) is 0 Å². The highest BCUT2D eigenvalue weighted by atomic mass is 15.2. The van der Waals surface area contributed by atoms with Crippen molar-refractivity contribution < 1.29 is 0 Å². The minimum absolute atomic E-state index is 0.0184. The van der Waals surface area contributed by atoms with Crippen LogP contribution in [0.5, 0.6) is 0 Å². The van der Waals surface area contributed by atoms with Crippen molar-refractivity contribution in [3.63, 3.8) is 0 Å². The van der Waals surface area contributed by atoms with Crippen LogP contribution in [-0.4, -0.2) is 23.7 Å². The normalized spacial score (nSPS) is 25.8. The lowest BCUT2D eigenvalue weighted by Crippen LogP contribution is -2.42. The summed E-state index contributed by atoms with van der Waals surface area (Å²) in [6.07, 6.45) is 26.2. The van der Waals surface area contributed by atoms with E-state index >= 15 is 0 Å². The summed E-state index contributed by atoms with van der Waals surface area (Å²) >= 11 is 0. The monoisotopic (exact) mass is 597 g/mol. The molecule has 0 bridgehead atoms. The maximum absolute atomic E-state index is 8.79. The van der Waals surface area contributed by atoms with E-state index in [0.717, 1.165) is 25.0 Å². The van der Waals surface area contributed by atoms with Gasteiger partial charge in [-0.1, -0.05) is 117 Å². The molecule has 8 rings (SSSR count). The van der Waals surface area contributed by atoms with Crippen LogP contribution in [0.2, 0.25) is 0 Å². The molecule has 2 aliphatic heterocycles. The van der Waals surface area contributed by atoms with Crippen molar-refractivity contribution >= 4 is 17.9 Å². The summed E-state index contributed by atoms with van der Waals surface area (Å²) in [5.41, 5.74) is 13.3. The lowest BCUT2D eigenvalue weighted by molar-refractivity contribution is 0.337. The predicted octanol–water partition coefficient (Wildman–Crippen LogP) is 9.17. The van der Waals surface area contributed by atoms with Crippen LogP contribution in [0.4, 0.5) is 0 Å². The van der Waals surface area contributed by atoms with E-state index in [9.17, 15) is 0 Å². The predicted molar refractivity (Wildman–Crippen MR) is 192 cm³/mol. The van der Waals surface area contributed by atoms with Crippen LogP contribution in [0.3, 0.4) is 0 Å². The molecular formula is C43H39N3. The Morgan fingerprint density at radius 3 is 2.63 bits per heavy atom. The van der Waals surface area contributed by atoms with Crippen LogP contribution in [-0.2, 0) is 11.8 Å². The number of rotatable bonds is 6. The molecule has 4 unspecified atom stereocenters. The third-order valence-corrected chi connectivity index (χ3v) is 10.6. The average molecular weight is 598 g/mol. The minimum Gasteiger partial charge on any atom is -0.387 e. The molecule has 3 heteroatoms. The van der Waals surface area contributed by atoms with Gasteiger partial charge in [0.25, 0.3) is 0 Å². The van der Waals surface area contributed by atoms with Gasteiger partial charge in [0.15, 0.2) is 0 Å². The highest BCUT2D eigenvalue weighted by molar-refractivity contribution is 5.95. The first-order chi connectivity index (χ1) is 22.6. The fourth-order valence-electron chi connectivity index (χ4n) is 8.39. The van der Waals surface area contributed by atoms with Crippen LogP contribution in [0.25, 0.3) is 22.8 Å². The first kappa shape index (κ1) is 28.3. The van der Waals surface area contributed by atoms with Crippen LogP contribution >= 0.6 is 0 Å². The summed E-state index contributed by atoms with van der Waals surface area (Å²) in [4.78, 5) is 2.54. The Hall–Kier alpha value is -5.15. The number of nitrogens with one attached hydrogen (secondary N) is 2. The minimum atomic E-state index is -0.496. The zero-order valence-corrected chi connectivity index (χ0v) is 26.3. The Morgan fingerprint density at radius 2 is 1.83 bits per heavy atom. The molecule has 226 valence electrons. The van der Waals surface area contributed by atoms with Gasteiger partial charge >= 0.3 is 0 Å². The first-order valence-corrected chi connectivity index (χ1v) is 16.5. The fraction of sp³-hybridized carbons (Fsp3) is 0.186. The van der Waals surface area contributed by atoms with Gasteiger partial charge in [-0.25, -0.2) is 0 Å². The van der Waals surface area contributed by atoms with Crippen molar-refractivity contribution in [2.75, 3.05) is 6.54 Å². The summed E-state index contributed by atoms with van der Waals surface area (Å²) in [6, 6.07) is 26.5. The molecule has 3 aliphatic carbocycles. The van der Waals surface area contributed by atoms with Crippen LogP contribution in [0.1, 0.15) is 35.6 Å². The SMILES string of the molecule is C=C1C=C2/C(=C\N(C3=Cc4cc(-c5ccccc5)ccc4C3)C3C=CC=CC13)C(C1=CCNC=C1)(C(C=N)CC)c1ccccc12. The largest absolute Gasteiger partial charge is 0.387 e. The van der Waals surface area contributed by atoms with Crippen LogP contribution in [0.15, 0.2) is 157 Å². The molecule has 4 atom stereocenters. The quantitative estimate of drug-likeness (QED) is 0.278. The van der Waals surface area contributed by atoms with E-state index < -0.39 is 5.41 Å². The van der Waals surface area contributed by atoms with Crippen molar-refractivity contribution in [3.05, 3.63) is 179 Å². The molecular weight excluding hydrogens is 558 g/mol. The van der Waals surface area contributed by atoms with Crippen LogP contribution < -0.4 is 5.32 Å². The molecule has 3 aromatic rings. The Balaban J connectivity index is 1.36. The molecule has 0 aromatic heterocycles. The second-order valence-electron chi connectivity index (χ2n) is 12.9. The maximum Gasteiger partial charge on any atom is 0.0619 e. The van der Waals surface area contributed by atoms with E-state index in [-0.39, 0.29) is 17.9 Å². The number of dihydropyridines is 1. The molecule has 0 saturated carbocycles. The van der Waals surface area contributed by atoms with Gasteiger partial charge < -0.3 is 15.6 Å². The maximum atomic E-state index is 8.79. The highest BCUT2D eigenvalue weighted by Crippen LogP contribution is 2.59. The molecule has 2 N–H and O–H groups in total. The number of benzene rings is 3. The summed E-state index contributed by atoms with van der Waals surface area (Å²) in [6.45, 7) is 7.70. The third-order valence-electron chi connectivity index (χ3n) is 10.6. The second kappa shape index (κ2) is 11.3. The Bertz CT molecular complexity index is 1960. The molecule has 0 amide bonds. The summed E-state index contributed by atoms with van der Waals surface area (Å²) < 4.78 is 0. The number of hydrogen-bond donors (Lipinski definition) is 2. The molecule has 3 nitrogen and oxygen atoms in total. The van der Waals surface area contributed by atoms with E-state index in [1.807, 2.05) is 0 Å². The van der Waals surface area contributed by atoms with Crippen molar-refractivity contribution in [1.82, 2.24) is 10.2 Å². The van der Waals surface area contributed by atoms with E-state index in [0.29, 0.717) is 0 Å². The molecule has 0 fully saturated rings. The molecule has 0 spiro atoms. The second-order valence-corrected chi connectivity index (χ2v) is 12.9. The third kappa shape index (κ3) is 4.29. The number of allylic oxidation sites excluding steroid dienone is 8. The van der Waals surface area contributed by atoms with Gasteiger partial charge in [0.2, 0.25) is 0 Å². The van der Waals surface area contributed by atoms with Crippen molar-refractivity contribution in [2.24, 2.45) is 11.8 Å². The van der Waals surface area contributed by atoms with E-state index in [1.165, 1.54) is 55.8 Å². The van der Waals surface area contributed by atoms with Crippen molar-refractivity contribution in [2.45, 2.75) is 31.2 Å². The van der Waals surface area contributed by atoms with Gasteiger partial charge in [0, 0.05) is 36.7 Å². The summed E-state index contributed by atoms with van der Waals surface area (Å²) in [5.74, 6) is 0.125. The summed E-state index contributed by atoms with van der Waals surface area (Å²) in [7, 11) is 0. The zero-order valence-electron chi connectivity index (χ0n) is 26.3. The van der Waals surface area contributed by atoms with Gasteiger partial charge in [-0.3, -0.25) is 0 Å². The number of hydrogen-bond acceptors (Lipinski definition) is 3. The fourth-order valence-corrected chi connectivity index (χ4v) is 8.39. The van der Waals surface area contributed by atoms with E-state index in [4.69, 9.17) is 12.0 Å². The van der Waals surface area contributed by atoms with Crippen molar-refractivity contribution in [3.8, 4) is 11.1 Å². The van der Waals surface area contributed by atoms with Gasteiger partial charge in [0.1, 0.15) is 0 Å². The molecule has 2 heterocycles. The molecule has 46 heavy (non-hydrogen) atoms. The molecule has 0 radical (unpaired) electrons. The number of fused-ring (bicyclic) bond motifs is 5. The van der Waals surface area contributed by atoms with Gasteiger partial charge in [-0.05, 0) is 92.7 Å². The van der Waals surface area contributed by atoms with Crippen molar-refractivity contribution in [1.29, 1.82) is 5.41 Å². The first-order valence-electron chi connectivity index (χ1n) is 16.5. The standard InChI is InChI=1S/C43H39N3/c1-3-34(27-44)43(35-19-21-45-22-20-35)40-15-9-7-14-38(40)39-23-29(2)37-13-8-10-16-42(37)46(28-41(39)43)36-25-32-18-17-31(24-33(32)26-36)30-11-5-4-6-12-30/h4-21,23-24,26-28,34,37,42,44-45H,2-3,22,25H2,1H3/b39-23?,41-28+,44-27?. The zero-order chi connectivity index (χ0) is 31.3. The van der Waals surface area contributed by atoms with Gasteiger partial charge in [0.05, 0.1) is 11.5 Å². The summed E-state index contributed by atoms with van der Waals surface area (Å²) in [5, 5.41) is 12.2. The lowest BCUT2D eigenvalue weighted by atomic mass is 9.62. The number of nitrogens with zero attached hydrogens (tertiary/aromatic N) is 1. The van der Waals surface area contributed by atoms with E-state index in [2.05, 4.69) is 151 Å². The van der Waals surface area contributed by atoms with Crippen LogP contribution in [0, 0.1) is 17.2 Å². The Kier molecular flexibility index (Phi) is 6.98. The Labute approximate surface area is 272 Å².